The van der Waals surface area contributed by atoms with Crippen molar-refractivity contribution in [2.45, 2.75) is 44.7 Å². The lowest BCUT2D eigenvalue weighted by molar-refractivity contribution is 0.111. The molecule has 1 N–H and O–H groups in total. The third-order valence-corrected chi connectivity index (χ3v) is 4.49. The molecular formula is C16H22N4O2. The van der Waals surface area contributed by atoms with Crippen molar-refractivity contribution in [3.05, 3.63) is 30.4 Å². The first-order valence-corrected chi connectivity index (χ1v) is 7.80. The highest BCUT2D eigenvalue weighted by Crippen LogP contribution is 2.34. The largest absolute Gasteiger partial charge is 0.396 e. The first-order valence-electron chi connectivity index (χ1n) is 7.80. The van der Waals surface area contributed by atoms with Gasteiger partial charge in [-0.2, -0.15) is 4.98 Å². The average molecular weight is 302 g/mol. The molecule has 6 heteroatoms. The van der Waals surface area contributed by atoms with Gasteiger partial charge in [-0.15, -0.1) is 0 Å². The number of aromatic nitrogens is 3. The van der Waals surface area contributed by atoms with Crippen LogP contribution in [0.25, 0.3) is 11.4 Å². The topological polar surface area (TPSA) is 75.3 Å². The van der Waals surface area contributed by atoms with Gasteiger partial charge in [0, 0.05) is 30.1 Å². The first kappa shape index (κ1) is 15.1. The van der Waals surface area contributed by atoms with Gasteiger partial charge >= 0.3 is 0 Å². The normalized spacial score (nSPS) is 22.3. The third kappa shape index (κ3) is 3.18. The number of likely N-dealkylation sites (tertiary alicyclic amines) is 1. The molecule has 0 spiro atoms. The Morgan fingerprint density at radius 2 is 2.36 bits per heavy atom. The molecule has 3 heterocycles. The van der Waals surface area contributed by atoms with E-state index in [1.807, 2.05) is 12.1 Å². The Balaban J connectivity index is 1.69. The molecule has 118 valence electrons. The summed E-state index contributed by atoms with van der Waals surface area (Å²) in [4.78, 5) is 10.9. The summed E-state index contributed by atoms with van der Waals surface area (Å²) >= 11 is 0. The number of pyridine rings is 1. The lowest BCUT2D eigenvalue weighted by atomic mass is 9.93. The van der Waals surface area contributed by atoms with Gasteiger partial charge in [0.25, 0.3) is 0 Å². The predicted molar refractivity (Wildman–Crippen MR) is 81.9 cm³/mol. The molecule has 1 atom stereocenters. The summed E-state index contributed by atoms with van der Waals surface area (Å²) in [5.41, 5.74) is 0.980. The van der Waals surface area contributed by atoms with Gasteiger partial charge in [-0.25, -0.2) is 0 Å². The summed E-state index contributed by atoms with van der Waals surface area (Å²) in [6.07, 6.45) is 7.60. The van der Waals surface area contributed by atoms with E-state index in [1.165, 1.54) is 6.42 Å². The smallest absolute Gasteiger partial charge is 0.241 e. The fraction of sp³-hybridized carbons (Fsp3) is 0.562. The number of nitrogens with zero attached hydrogens (tertiary/aromatic N) is 4. The van der Waals surface area contributed by atoms with Crippen LogP contribution in [-0.4, -0.2) is 43.8 Å². The minimum absolute atomic E-state index is 0.117. The first-order chi connectivity index (χ1) is 10.7. The summed E-state index contributed by atoms with van der Waals surface area (Å²) < 4.78 is 5.40. The van der Waals surface area contributed by atoms with E-state index in [-0.39, 0.29) is 12.1 Å². The van der Waals surface area contributed by atoms with Crippen molar-refractivity contribution in [2.24, 2.45) is 0 Å². The average Bonchev–Trinajstić information content (AvgIpc) is 3.15. The van der Waals surface area contributed by atoms with Gasteiger partial charge in [-0.1, -0.05) is 5.16 Å². The molecule has 3 rings (SSSR count). The Morgan fingerprint density at radius 3 is 3.14 bits per heavy atom. The maximum Gasteiger partial charge on any atom is 0.241 e. The van der Waals surface area contributed by atoms with Crippen LogP contribution in [0.4, 0.5) is 0 Å². The molecular weight excluding hydrogens is 280 g/mol. The van der Waals surface area contributed by atoms with Gasteiger partial charge in [0.2, 0.25) is 11.7 Å². The van der Waals surface area contributed by atoms with Crippen LogP contribution in [-0.2, 0) is 6.54 Å². The molecule has 1 saturated heterocycles. The minimum atomic E-state index is 0.117. The third-order valence-electron chi connectivity index (χ3n) is 4.49. The monoisotopic (exact) mass is 302 g/mol. The fourth-order valence-electron chi connectivity index (χ4n) is 3.19. The van der Waals surface area contributed by atoms with Crippen molar-refractivity contribution in [2.75, 3.05) is 13.2 Å². The molecule has 1 fully saturated rings. The zero-order valence-electron chi connectivity index (χ0n) is 12.9. The van der Waals surface area contributed by atoms with Crippen LogP contribution in [0.15, 0.2) is 29.0 Å². The summed E-state index contributed by atoms with van der Waals surface area (Å²) in [7, 11) is 0. The van der Waals surface area contributed by atoms with Gasteiger partial charge in [0.1, 0.15) is 0 Å². The number of aliphatic hydroxyl groups excluding tert-OH is 1. The van der Waals surface area contributed by atoms with Crippen molar-refractivity contribution in [1.82, 2.24) is 20.0 Å². The minimum Gasteiger partial charge on any atom is -0.396 e. The molecule has 0 bridgehead atoms. The van der Waals surface area contributed by atoms with Crippen LogP contribution in [0.3, 0.4) is 0 Å². The second-order valence-corrected chi connectivity index (χ2v) is 6.10. The highest BCUT2D eigenvalue weighted by atomic mass is 16.5. The SMILES string of the molecule is CC1(CCCO)CCCN1Cc1nc(-c2cccnc2)no1. The number of aliphatic hydroxyl groups is 1. The van der Waals surface area contributed by atoms with Gasteiger partial charge in [-0.3, -0.25) is 9.88 Å². The van der Waals surface area contributed by atoms with Crippen LogP contribution < -0.4 is 0 Å². The van der Waals surface area contributed by atoms with Crippen molar-refractivity contribution in [3.63, 3.8) is 0 Å². The van der Waals surface area contributed by atoms with Crippen LogP contribution in [0.2, 0.25) is 0 Å². The van der Waals surface area contributed by atoms with E-state index in [1.54, 1.807) is 12.4 Å². The summed E-state index contributed by atoms with van der Waals surface area (Å²) in [6, 6.07) is 3.78. The molecule has 0 saturated carbocycles. The highest BCUT2D eigenvalue weighted by Gasteiger charge is 2.36. The fourth-order valence-corrected chi connectivity index (χ4v) is 3.19. The molecule has 0 amide bonds. The summed E-state index contributed by atoms with van der Waals surface area (Å²) in [5, 5.41) is 13.1. The van der Waals surface area contributed by atoms with E-state index in [0.717, 1.165) is 31.4 Å². The molecule has 1 unspecified atom stereocenters. The van der Waals surface area contributed by atoms with E-state index < -0.39 is 0 Å². The Bertz CT molecular complexity index is 601. The molecule has 6 nitrogen and oxygen atoms in total. The van der Waals surface area contributed by atoms with Crippen molar-refractivity contribution in [3.8, 4) is 11.4 Å². The zero-order chi connectivity index (χ0) is 15.4. The summed E-state index contributed by atoms with van der Waals surface area (Å²) in [5.74, 6) is 1.22. The van der Waals surface area contributed by atoms with E-state index in [2.05, 4.69) is 26.9 Å². The Hall–Kier alpha value is -1.79. The van der Waals surface area contributed by atoms with Gasteiger partial charge in [0.05, 0.1) is 6.54 Å². The lowest BCUT2D eigenvalue weighted by Gasteiger charge is -2.34. The van der Waals surface area contributed by atoms with Crippen molar-refractivity contribution >= 4 is 0 Å². The van der Waals surface area contributed by atoms with Gasteiger partial charge < -0.3 is 9.63 Å². The zero-order valence-corrected chi connectivity index (χ0v) is 12.9. The van der Waals surface area contributed by atoms with Crippen LogP contribution in [0, 0.1) is 0 Å². The Labute approximate surface area is 130 Å². The van der Waals surface area contributed by atoms with Crippen LogP contribution >= 0.6 is 0 Å². The molecule has 22 heavy (non-hydrogen) atoms. The molecule has 2 aromatic rings. The van der Waals surface area contributed by atoms with Gasteiger partial charge in [0.15, 0.2) is 0 Å². The number of rotatable bonds is 6. The number of hydrogen-bond donors (Lipinski definition) is 1. The van der Waals surface area contributed by atoms with E-state index in [0.29, 0.717) is 18.3 Å². The van der Waals surface area contributed by atoms with Crippen LogP contribution in [0.1, 0.15) is 38.5 Å². The summed E-state index contributed by atoms with van der Waals surface area (Å²) in [6.45, 7) is 4.20. The second kappa shape index (κ2) is 6.54. The highest BCUT2D eigenvalue weighted by molar-refractivity contribution is 5.51. The lowest BCUT2D eigenvalue weighted by Crippen LogP contribution is -2.40. The standard InChI is InChI=1S/C16H22N4O2/c1-16(7-4-10-21)6-3-9-20(16)12-14-18-15(19-22-14)13-5-2-8-17-11-13/h2,5,8,11,21H,3-4,6-7,9-10,12H2,1H3. The van der Waals surface area contributed by atoms with E-state index in [4.69, 9.17) is 9.63 Å². The molecule has 2 aromatic heterocycles. The maximum absolute atomic E-state index is 9.08. The molecule has 0 radical (unpaired) electrons. The van der Waals surface area contributed by atoms with Crippen molar-refractivity contribution in [1.29, 1.82) is 0 Å². The Morgan fingerprint density at radius 1 is 1.45 bits per heavy atom. The van der Waals surface area contributed by atoms with E-state index in [9.17, 15) is 0 Å². The van der Waals surface area contributed by atoms with Crippen LogP contribution in [0.5, 0.6) is 0 Å². The predicted octanol–water partition coefficient (Wildman–Crippen LogP) is 2.26. The maximum atomic E-state index is 9.08. The number of hydrogen-bond acceptors (Lipinski definition) is 6. The van der Waals surface area contributed by atoms with Gasteiger partial charge in [-0.05, 0) is 51.3 Å². The second-order valence-electron chi connectivity index (χ2n) is 6.10. The quantitative estimate of drug-likeness (QED) is 0.882. The van der Waals surface area contributed by atoms with E-state index >= 15 is 0 Å². The molecule has 1 aliphatic heterocycles. The molecule has 0 aliphatic carbocycles. The molecule has 0 aromatic carbocycles. The van der Waals surface area contributed by atoms with Crippen molar-refractivity contribution < 1.29 is 9.63 Å². The Kier molecular flexibility index (Phi) is 4.49. The molecule has 1 aliphatic rings.